The second kappa shape index (κ2) is 16.7. The van der Waals surface area contributed by atoms with Crippen LogP contribution in [0.5, 0.6) is 0 Å². The van der Waals surface area contributed by atoms with Crippen LogP contribution in [0.1, 0.15) is 55.5 Å². The fourth-order valence-corrected chi connectivity index (χ4v) is 7.43. The van der Waals surface area contributed by atoms with Gasteiger partial charge in [-0.2, -0.15) is 0 Å². The van der Waals surface area contributed by atoms with E-state index >= 15 is 0 Å². The van der Waals surface area contributed by atoms with Gasteiger partial charge in [-0.25, -0.2) is 13.2 Å². The molecule has 5 rings (SSSR count). The molecule has 0 unspecified atom stereocenters. The van der Waals surface area contributed by atoms with Crippen molar-refractivity contribution in [3.05, 3.63) is 125 Å². The van der Waals surface area contributed by atoms with Crippen molar-refractivity contribution in [3.63, 3.8) is 0 Å². The number of nitrogens with zero attached hydrogens (tertiary/aromatic N) is 1. The molecule has 0 aliphatic carbocycles. The Bertz CT molecular complexity index is 2050. The molecule has 1 atom stereocenters. The summed E-state index contributed by atoms with van der Waals surface area (Å²) in [6, 6.07) is 31.0. The van der Waals surface area contributed by atoms with Crippen molar-refractivity contribution in [2.45, 2.75) is 56.9 Å². The molecule has 8 nitrogen and oxygen atoms in total. The van der Waals surface area contributed by atoms with E-state index < -0.39 is 27.9 Å². The lowest BCUT2D eigenvalue weighted by molar-refractivity contribution is -0.139. The predicted octanol–water partition coefficient (Wildman–Crippen LogP) is 8.79. The Balaban J connectivity index is 1.40. The number of fused-ring (bicyclic) bond motifs is 1. The molecule has 0 aliphatic heterocycles. The van der Waals surface area contributed by atoms with Crippen molar-refractivity contribution in [1.29, 1.82) is 0 Å². The highest BCUT2D eigenvalue weighted by atomic mass is 35.5. The highest BCUT2D eigenvalue weighted by Crippen LogP contribution is 2.33. The molecule has 0 saturated heterocycles. The zero-order valence-electron chi connectivity index (χ0n) is 28.2. The molecule has 0 aliphatic rings. The number of unbranched alkanes of at least 4 members (excludes halogenated alkanes) is 2. The molecule has 260 valence electrons. The van der Waals surface area contributed by atoms with Crippen molar-refractivity contribution in [2.24, 2.45) is 0 Å². The summed E-state index contributed by atoms with van der Waals surface area (Å²) in [5.74, 6) is -2.01. The molecular formula is C40H42ClN3O5S. The van der Waals surface area contributed by atoms with Gasteiger partial charge in [0.15, 0.2) is 0 Å². The fourth-order valence-electron chi connectivity index (χ4n) is 5.95. The van der Waals surface area contributed by atoms with Crippen LogP contribution in [0.4, 0.5) is 11.4 Å². The minimum atomic E-state index is -4.21. The number of carboxylic acid groups (broad SMARTS) is 1. The van der Waals surface area contributed by atoms with Gasteiger partial charge in [-0.1, -0.05) is 117 Å². The third-order valence-corrected chi connectivity index (χ3v) is 10.3. The normalized spacial score (nSPS) is 12.0. The van der Waals surface area contributed by atoms with E-state index in [4.69, 9.17) is 11.6 Å². The Morgan fingerprint density at radius 1 is 0.780 bits per heavy atom. The maximum Gasteiger partial charge on any atom is 0.326 e. The first-order valence-electron chi connectivity index (χ1n) is 16.9. The molecule has 50 heavy (non-hydrogen) atoms. The number of nitrogens with one attached hydrogen (secondary N) is 2. The third kappa shape index (κ3) is 8.83. The first-order chi connectivity index (χ1) is 24.1. The van der Waals surface area contributed by atoms with Gasteiger partial charge in [-0.3, -0.25) is 9.52 Å². The first kappa shape index (κ1) is 36.4. The van der Waals surface area contributed by atoms with Crippen LogP contribution in [0.3, 0.4) is 0 Å². The van der Waals surface area contributed by atoms with Gasteiger partial charge in [-0.05, 0) is 59.9 Å². The Morgan fingerprint density at radius 3 is 2.08 bits per heavy atom. The number of sulfonamides is 1. The third-order valence-electron chi connectivity index (χ3n) is 8.63. The first-order valence-corrected chi connectivity index (χ1v) is 18.7. The van der Waals surface area contributed by atoms with Crippen molar-refractivity contribution in [3.8, 4) is 11.1 Å². The van der Waals surface area contributed by atoms with Crippen molar-refractivity contribution in [1.82, 2.24) is 5.32 Å². The van der Waals surface area contributed by atoms with E-state index in [-0.39, 0.29) is 27.6 Å². The van der Waals surface area contributed by atoms with Crippen LogP contribution in [0.25, 0.3) is 21.9 Å². The maximum absolute atomic E-state index is 14.0. The average molecular weight is 712 g/mol. The summed E-state index contributed by atoms with van der Waals surface area (Å²) in [6.07, 6.45) is 4.14. The lowest BCUT2D eigenvalue weighted by Gasteiger charge is -2.26. The number of carbonyl (C=O) groups is 2. The lowest BCUT2D eigenvalue weighted by Crippen LogP contribution is -2.42. The van der Waals surface area contributed by atoms with Crippen LogP contribution in [-0.4, -0.2) is 44.5 Å². The van der Waals surface area contributed by atoms with E-state index in [1.54, 1.807) is 12.1 Å². The van der Waals surface area contributed by atoms with E-state index in [9.17, 15) is 23.1 Å². The van der Waals surface area contributed by atoms with Crippen molar-refractivity contribution in [2.75, 3.05) is 22.7 Å². The maximum atomic E-state index is 14.0. The Morgan fingerprint density at radius 2 is 1.42 bits per heavy atom. The van der Waals surface area contributed by atoms with Crippen LogP contribution in [0.15, 0.2) is 114 Å². The highest BCUT2D eigenvalue weighted by Gasteiger charge is 2.26. The smallest absolute Gasteiger partial charge is 0.326 e. The Hall–Kier alpha value is -4.86. The number of benzene rings is 5. The summed E-state index contributed by atoms with van der Waals surface area (Å²) in [6.45, 7) is 6.03. The molecule has 0 aromatic heterocycles. The molecule has 0 bridgehead atoms. The quantitative estimate of drug-likeness (QED) is 0.0943. The average Bonchev–Trinajstić information content (AvgIpc) is 3.12. The highest BCUT2D eigenvalue weighted by molar-refractivity contribution is 7.93. The number of carbonyl (C=O) groups excluding carboxylic acids is 1. The number of halogens is 1. The SMILES string of the molecule is CCCCN(CCCC)c1cccc2c(S(=O)(=O)Nc3ccc(Cl)cc3C(=O)N[C@@H](Cc3ccc(-c4ccccc4)cc3)C(=O)O)cccc12. The Kier molecular flexibility index (Phi) is 12.2. The van der Waals surface area contributed by atoms with E-state index in [2.05, 4.69) is 28.8 Å². The lowest BCUT2D eigenvalue weighted by atomic mass is 10.0. The molecule has 0 saturated carbocycles. The van der Waals surface area contributed by atoms with Gasteiger partial charge in [-0.15, -0.1) is 0 Å². The van der Waals surface area contributed by atoms with Gasteiger partial charge < -0.3 is 15.3 Å². The van der Waals surface area contributed by atoms with E-state index in [1.165, 1.54) is 24.3 Å². The molecule has 0 fully saturated rings. The number of rotatable bonds is 16. The van der Waals surface area contributed by atoms with Crippen LogP contribution >= 0.6 is 11.6 Å². The number of hydrogen-bond donors (Lipinski definition) is 3. The summed E-state index contributed by atoms with van der Waals surface area (Å²) in [7, 11) is -4.21. The molecule has 1 amide bonds. The monoisotopic (exact) mass is 711 g/mol. The standard InChI is InChI=1S/C40H42ClN3O5S/c1-3-5-24-44(25-6-4-2)37-16-10-15-33-32(37)14-11-17-38(33)50(48,49)43-35-23-22-31(41)27-34(35)39(45)42-36(40(46)47)26-28-18-20-30(21-19-28)29-12-8-7-9-13-29/h7-23,27,36,43H,3-6,24-26H2,1-2H3,(H,42,45)(H,46,47)/t36-/m0/s1. The summed E-state index contributed by atoms with van der Waals surface area (Å²) >= 11 is 6.26. The van der Waals surface area contributed by atoms with Crippen LogP contribution in [0.2, 0.25) is 5.02 Å². The molecule has 10 heteroatoms. The second-order valence-electron chi connectivity index (χ2n) is 12.2. The van der Waals surface area contributed by atoms with Gasteiger partial charge in [0.2, 0.25) is 0 Å². The van der Waals surface area contributed by atoms with Gasteiger partial charge in [0.25, 0.3) is 15.9 Å². The van der Waals surface area contributed by atoms with E-state index in [1.807, 2.05) is 72.8 Å². The summed E-state index contributed by atoms with van der Waals surface area (Å²) in [4.78, 5) is 28.3. The van der Waals surface area contributed by atoms with Crippen molar-refractivity contribution >= 4 is 55.6 Å². The summed E-state index contributed by atoms with van der Waals surface area (Å²) < 4.78 is 30.6. The molecule has 5 aromatic rings. The predicted molar refractivity (Wildman–Crippen MR) is 203 cm³/mol. The minimum absolute atomic E-state index is 0.0175. The molecule has 0 spiro atoms. The fraction of sp³-hybridized carbons (Fsp3) is 0.250. The number of hydrogen-bond acceptors (Lipinski definition) is 5. The molecule has 3 N–H and O–H groups in total. The topological polar surface area (TPSA) is 116 Å². The largest absolute Gasteiger partial charge is 0.480 e. The number of amides is 1. The molecule has 0 heterocycles. The zero-order chi connectivity index (χ0) is 35.7. The van der Waals surface area contributed by atoms with Gasteiger partial charge in [0, 0.05) is 41.0 Å². The van der Waals surface area contributed by atoms with Gasteiger partial charge in [0.05, 0.1) is 16.1 Å². The van der Waals surface area contributed by atoms with Gasteiger partial charge >= 0.3 is 5.97 Å². The summed E-state index contributed by atoms with van der Waals surface area (Å²) in [5, 5.41) is 14.2. The number of aliphatic carboxylic acids is 1. The van der Waals surface area contributed by atoms with Crippen LogP contribution in [0, 0.1) is 0 Å². The van der Waals surface area contributed by atoms with Crippen molar-refractivity contribution < 1.29 is 23.1 Å². The zero-order valence-corrected chi connectivity index (χ0v) is 29.8. The summed E-state index contributed by atoms with van der Waals surface area (Å²) in [5.41, 5.74) is 3.57. The van der Waals surface area contributed by atoms with Crippen LogP contribution in [-0.2, 0) is 21.2 Å². The molecular weight excluding hydrogens is 670 g/mol. The number of anilines is 2. The Labute approximate surface area is 299 Å². The second-order valence-corrected chi connectivity index (χ2v) is 14.3. The minimum Gasteiger partial charge on any atom is -0.480 e. The van der Waals surface area contributed by atoms with E-state index in [0.717, 1.165) is 61.0 Å². The molecule has 0 radical (unpaired) electrons. The van der Waals surface area contributed by atoms with Gasteiger partial charge in [0.1, 0.15) is 6.04 Å². The van der Waals surface area contributed by atoms with Crippen LogP contribution < -0.4 is 14.9 Å². The number of carboxylic acids is 1. The molecule has 5 aromatic carbocycles. The van der Waals surface area contributed by atoms with E-state index in [0.29, 0.717) is 10.9 Å².